The molecular formula is C20H24N8O11S2. The van der Waals surface area contributed by atoms with Crippen molar-refractivity contribution >= 4 is 56.3 Å². The standard InChI is InChI=1S/C20H24N8O11S2/c1-20(2,17(33)24-4-8-3-11(29)12(30)5-23-8)39-27-13(9-7-40-18(21)25-9)15(31)26-14-10(6-38-19(22)34)28(16(14)32)41(35,36)37/h3,5,7,10,14,30H,4,6H2,1-2H3,(H2,21,25)(H2,22,34)(H,23,29)(H,24,33)(H,26,31)(H,35,36,37)/t10-,14-/m0/s1. The lowest BCUT2D eigenvalue weighted by atomic mass is 9.99. The van der Waals surface area contributed by atoms with Crippen LogP contribution in [0.2, 0.25) is 0 Å². The number of primary amides is 1. The maximum Gasteiger partial charge on any atom is 0.404 e. The fourth-order valence-corrected chi connectivity index (χ4v) is 4.71. The minimum atomic E-state index is -5.08. The molecule has 2 atom stereocenters. The summed E-state index contributed by atoms with van der Waals surface area (Å²) in [7, 11) is -5.08. The number of rotatable bonds is 11. The first-order valence-corrected chi connectivity index (χ1v) is 13.5. The lowest BCUT2D eigenvalue weighted by Gasteiger charge is -2.43. The first kappa shape index (κ1) is 30.8. The number of aromatic amines is 1. The van der Waals surface area contributed by atoms with E-state index in [1.54, 1.807) is 0 Å². The molecule has 0 saturated carbocycles. The Kier molecular flexibility index (Phi) is 8.84. The van der Waals surface area contributed by atoms with E-state index in [2.05, 4.69) is 30.5 Å². The number of carbonyl (C=O) groups excluding carboxylic acids is 4. The van der Waals surface area contributed by atoms with Crippen LogP contribution in [0.4, 0.5) is 9.93 Å². The van der Waals surface area contributed by atoms with E-state index in [1.165, 1.54) is 19.2 Å². The van der Waals surface area contributed by atoms with Crippen LogP contribution in [0.25, 0.3) is 0 Å². The number of oxime groups is 1. The minimum Gasteiger partial charge on any atom is -0.503 e. The lowest BCUT2D eigenvalue weighted by Crippen LogP contribution is -2.73. The second kappa shape index (κ2) is 11.8. The molecule has 4 amide bonds. The van der Waals surface area contributed by atoms with Crippen molar-refractivity contribution in [3.63, 3.8) is 0 Å². The monoisotopic (exact) mass is 616 g/mol. The van der Waals surface area contributed by atoms with Crippen LogP contribution < -0.4 is 27.5 Å². The Bertz CT molecular complexity index is 1570. The molecule has 3 heterocycles. The predicted molar refractivity (Wildman–Crippen MR) is 138 cm³/mol. The summed E-state index contributed by atoms with van der Waals surface area (Å²) in [4.78, 5) is 72.7. The van der Waals surface area contributed by atoms with Gasteiger partial charge in [0.05, 0.1) is 6.54 Å². The van der Waals surface area contributed by atoms with Crippen LogP contribution >= 0.6 is 11.3 Å². The molecule has 2 aromatic heterocycles. The van der Waals surface area contributed by atoms with Crippen LogP contribution in [0, 0.1) is 0 Å². The molecule has 0 bridgehead atoms. The number of nitrogens with one attached hydrogen (secondary N) is 3. The minimum absolute atomic E-state index is 0.0101. The van der Waals surface area contributed by atoms with Crippen LogP contribution in [-0.2, 0) is 40.8 Å². The van der Waals surface area contributed by atoms with E-state index < -0.39 is 75.3 Å². The van der Waals surface area contributed by atoms with E-state index in [4.69, 9.17) is 16.3 Å². The van der Waals surface area contributed by atoms with Gasteiger partial charge < -0.3 is 41.8 Å². The number of carbonyl (C=O) groups is 4. The molecule has 0 radical (unpaired) electrons. The van der Waals surface area contributed by atoms with Gasteiger partial charge in [0, 0.05) is 23.3 Å². The quantitative estimate of drug-likeness (QED) is 0.0596. The van der Waals surface area contributed by atoms with Gasteiger partial charge in [-0.15, -0.1) is 11.3 Å². The van der Waals surface area contributed by atoms with Crippen molar-refractivity contribution in [3.05, 3.63) is 39.3 Å². The molecule has 222 valence electrons. The zero-order valence-electron chi connectivity index (χ0n) is 21.2. The predicted octanol–water partition coefficient (Wildman–Crippen LogP) is -2.47. The van der Waals surface area contributed by atoms with Gasteiger partial charge in [0.25, 0.3) is 17.7 Å². The summed E-state index contributed by atoms with van der Waals surface area (Å²) in [6.45, 7) is 1.64. The molecule has 0 spiro atoms. The summed E-state index contributed by atoms with van der Waals surface area (Å²) >= 11 is 0.918. The molecule has 21 heteroatoms. The Labute approximate surface area is 234 Å². The number of aromatic nitrogens is 2. The van der Waals surface area contributed by atoms with Crippen LogP contribution in [-0.4, -0.2) is 86.2 Å². The maximum atomic E-state index is 13.1. The Hall–Kier alpha value is -4.76. The van der Waals surface area contributed by atoms with Gasteiger partial charge in [0.15, 0.2) is 16.6 Å². The zero-order valence-corrected chi connectivity index (χ0v) is 22.8. The van der Waals surface area contributed by atoms with Crippen molar-refractivity contribution in [2.75, 3.05) is 12.3 Å². The van der Waals surface area contributed by atoms with Crippen molar-refractivity contribution in [2.45, 2.75) is 38.1 Å². The molecule has 0 aliphatic carbocycles. The van der Waals surface area contributed by atoms with Gasteiger partial charge in [0.1, 0.15) is 24.4 Å². The number of hydrogen-bond donors (Lipinski definition) is 7. The van der Waals surface area contributed by atoms with Gasteiger partial charge in [-0.1, -0.05) is 5.16 Å². The number of aromatic hydroxyl groups is 1. The molecule has 9 N–H and O–H groups in total. The molecule has 1 fully saturated rings. The van der Waals surface area contributed by atoms with Gasteiger partial charge >= 0.3 is 16.4 Å². The zero-order chi connectivity index (χ0) is 30.7. The molecular weight excluding hydrogens is 592 g/mol. The number of nitrogens with two attached hydrogens (primary N) is 2. The Morgan fingerprint density at radius 2 is 2.00 bits per heavy atom. The van der Waals surface area contributed by atoms with E-state index in [0.717, 1.165) is 23.6 Å². The highest BCUT2D eigenvalue weighted by Gasteiger charge is 2.55. The third-order valence-corrected chi connectivity index (χ3v) is 7.01. The highest BCUT2D eigenvalue weighted by atomic mass is 32.2. The van der Waals surface area contributed by atoms with Crippen molar-refractivity contribution in [3.8, 4) is 5.75 Å². The number of β-lactam (4-membered cyclic amide) rings is 1. The second-order valence-electron chi connectivity index (χ2n) is 8.76. The fourth-order valence-electron chi connectivity index (χ4n) is 3.30. The van der Waals surface area contributed by atoms with Gasteiger partial charge in [-0.25, -0.2) is 14.1 Å². The number of nitrogen functional groups attached to an aromatic ring is 1. The summed E-state index contributed by atoms with van der Waals surface area (Å²) in [5.41, 5.74) is 7.67. The Balaban J connectivity index is 1.79. The van der Waals surface area contributed by atoms with E-state index in [-0.39, 0.29) is 27.4 Å². The highest BCUT2D eigenvalue weighted by molar-refractivity contribution is 7.84. The first-order chi connectivity index (χ1) is 19.0. The topological polar surface area (TPSA) is 299 Å². The molecule has 1 saturated heterocycles. The third kappa shape index (κ3) is 7.26. The van der Waals surface area contributed by atoms with E-state index >= 15 is 0 Å². The van der Waals surface area contributed by atoms with Crippen LogP contribution in [0.5, 0.6) is 5.75 Å². The number of amides is 4. The van der Waals surface area contributed by atoms with E-state index in [0.29, 0.717) is 0 Å². The van der Waals surface area contributed by atoms with Crippen LogP contribution in [0.1, 0.15) is 25.2 Å². The Morgan fingerprint density at radius 1 is 1.32 bits per heavy atom. The van der Waals surface area contributed by atoms with Gasteiger partial charge in [-0.3, -0.25) is 23.7 Å². The summed E-state index contributed by atoms with van der Waals surface area (Å²) in [5.74, 6) is -3.64. The summed E-state index contributed by atoms with van der Waals surface area (Å²) in [6, 6.07) is -2.09. The average molecular weight is 617 g/mol. The highest BCUT2D eigenvalue weighted by Crippen LogP contribution is 2.24. The number of hydrogen-bond acceptors (Lipinski definition) is 14. The number of H-pyrrole nitrogens is 1. The van der Waals surface area contributed by atoms with Gasteiger partial charge in [0.2, 0.25) is 11.0 Å². The second-order valence-corrected chi connectivity index (χ2v) is 10.9. The summed E-state index contributed by atoms with van der Waals surface area (Å²) < 4.78 is 37.0. The van der Waals surface area contributed by atoms with Crippen molar-refractivity contribution in [1.82, 2.24) is 24.9 Å². The molecule has 3 rings (SSSR count). The average Bonchev–Trinajstić information content (AvgIpc) is 3.29. The molecule has 41 heavy (non-hydrogen) atoms. The SMILES string of the molecule is CC(C)(ON=C(C(=O)N[C@@H]1C(=O)N(S(=O)(=O)O)[C@H]1COC(N)=O)c1csc(N)n1)C(=O)NCc1cc(=O)c(O)c[nH]1. The van der Waals surface area contributed by atoms with E-state index in [1.807, 2.05) is 0 Å². The molecule has 1 aliphatic rings. The van der Waals surface area contributed by atoms with Crippen molar-refractivity contribution in [2.24, 2.45) is 10.9 Å². The summed E-state index contributed by atoms with van der Waals surface area (Å²) in [6.07, 6.45) is -0.261. The van der Waals surface area contributed by atoms with E-state index in [9.17, 15) is 42.0 Å². The Morgan fingerprint density at radius 3 is 2.56 bits per heavy atom. The van der Waals surface area contributed by atoms with Gasteiger partial charge in [-0.05, 0) is 13.8 Å². The molecule has 19 nitrogen and oxygen atoms in total. The number of ether oxygens (including phenoxy) is 1. The number of thiazole rings is 1. The number of pyridine rings is 1. The largest absolute Gasteiger partial charge is 0.503 e. The van der Waals surface area contributed by atoms with Gasteiger partial charge in [-0.2, -0.15) is 8.42 Å². The summed E-state index contributed by atoms with van der Waals surface area (Å²) in [5, 5.41) is 19.1. The third-order valence-electron chi connectivity index (χ3n) is 5.38. The first-order valence-electron chi connectivity index (χ1n) is 11.2. The number of nitrogens with zero attached hydrogens (tertiary/aromatic N) is 3. The smallest absolute Gasteiger partial charge is 0.404 e. The molecule has 0 aromatic carbocycles. The number of anilines is 1. The maximum absolute atomic E-state index is 13.1. The fraction of sp³-hybridized carbons (Fsp3) is 0.350. The molecule has 1 aliphatic heterocycles. The molecule has 2 aromatic rings. The van der Waals surface area contributed by atoms with Crippen molar-refractivity contribution in [1.29, 1.82) is 0 Å². The van der Waals surface area contributed by atoms with Crippen LogP contribution in [0.15, 0.2) is 27.6 Å². The normalized spacial score (nSPS) is 17.4. The van der Waals surface area contributed by atoms with Crippen LogP contribution in [0.3, 0.4) is 0 Å². The van der Waals surface area contributed by atoms with Crippen molar-refractivity contribution < 1.29 is 46.8 Å². The lowest BCUT2D eigenvalue weighted by molar-refractivity contribution is -0.146. The molecule has 0 unspecified atom stereocenters.